The van der Waals surface area contributed by atoms with E-state index in [2.05, 4.69) is 10.4 Å². The van der Waals surface area contributed by atoms with Gasteiger partial charge in [-0.3, -0.25) is 9.59 Å². The van der Waals surface area contributed by atoms with E-state index in [1.807, 2.05) is 36.5 Å². The average Bonchev–Trinajstić information content (AvgIpc) is 3.15. The fourth-order valence-electron chi connectivity index (χ4n) is 2.29. The van der Waals surface area contributed by atoms with Gasteiger partial charge >= 0.3 is 0 Å². The summed E-state index contributed by atoms with van der Waals surface area (Å²) in [6, 6.07) is 16.0. The number of hydrogen-bond donors (Lipinski definition) is 2. The predicted molar refractivity (Wildman–Crippen MR) is 95.9 cm³/mol. The van der Waals surface area contributed by atoms with Crippen molar-refractivity contribution < 1.29 is 14.3 Å². The third-order valence-corrected chi connectivity index (χ3v) is 3.66. The number of benzene rings is 2. The van der Waals surface area contributed by atoms with E-state index in [1.165, 1.54) is 0 Å². The van der Waals surface area contributed by atoms with Gasteiger partial charge in [0.15, 0.2) is 6.61 Å². The highest BCUT2D eigenvalue weighted by atomic mass is 16.5. The topological polar surface area (TPSA) is 99.2 Å². The van der Waals surface area contributed by atoms with Gasteiger partial charge in [0.2, 0.25) is 5.91 Å². The van der Waals surface area contributed by atoms with Gasteiger partial charge in [-0.2, -0.15) is 5.10 Å². The number of nitrogens with one attached hydrogen (secondary N) is 1. The number of hydrogen-bond acceptors (Lipinski definition) is 4. The van der Waals surface area contributed by atoms with Crippen LogP contribution < -0.4 is 15.8 Å². The van der Waals surface area contributed by atoms with Gasteiger partial charge in [-0.1, -0.05) is 18.2 Å². The quantitative estimate of drug-likeness (QED) is 0.677. The Labute approximate surface area is 150 Å². The van der Waals surface area contributed by atoms with Crippen LogP contribution in [0.15, 0.2) is 67.0 Å². The molecule has 7 nitrogen and oxygen atoms in total. The van der Waals surface area contributed by atoms with Gasteiger partial charge in [0, 0.05) is 23.9 Å². The van der Waals surface area contributed by atoms with Crippen LogP contribution in [0.1, 0.15) is 15.9 Å². The Morgan fingerprint density at radius 2 is 1.81 bits per heavy atom. The van der Waals surface area contributed by atoms with Crippen molar-refractivity contribution in [3.63, 3.8) is 0 Å². The van der Waals surface area contributed by atoms with Crippen LogP contribution >= 0.6 is 0 Å². The molecule has 3 aromatic rings. The number of carbonyl (C=O) groups excluding carboxylic acids is 2. The third-order valence-electron chi connectivity index (χ3n) is 3.66. The molecule has 0 radical (unpaired) electrons. The number of nitrogens with two attached hydrogens (primary N) is 1. The zero-order valence-electron chi connectivity index (χ0n) is 14.0. The summed E-state index contributed by atoms with van der Waals surface area (Å²) in [5.74, 6) is -0.274. The zero-order chi connectivity index (χ0) is 18.4. The van der Waals surface area contributed by atoms with Crippen LogP contribution in [0, 0.1) is 0 Å². The standard InChI is InChI=1S/C19H18N4O3/c20-19(25)15-6-8-17(9-7-15)26-13-18(24)21-10-14-11-22-23(12-14)16-4-2-1-3-5-16/h1-9,11-12H,10,13H2,(H2,20,25)(H,21,24). The predicted octanol–water partition coefficient (Wildman–Crippen LogP) is 1.67. The van der Waals surface area contributed by atoms with E-state index in [0.717, 1.165) is 11.3 Å². The Balaban J connectivity index is 1.47. The first-order chi connectivity index (χ1) is 12.6. The van der Waals surface area contributed by atoms with E-state index in [9.17, 15) is 9.59 Å². The molecule has 2 amide bonds. The van der Waals surface area contributed by atoms with Gasteiger partial charge < -0.3 is 15.8 Å². The number of nitrogens with zero attached hydrogens (tertiary/aromatic N) is 2. The van der Waals surface area contributed by atoms with Crippen molar-refractivity contribution in [1.29, 1.82) is 0 Å². The second-order valence-corrected chi connectivity index (χ2v) is 5.58. The maximum Gasteiger partial charge on any atom is 0.258 e. The minimum atomic E-state index is -0.509. The van der Waals surface area contributed by atoms with Gasteiger partial charge in [-0.05, 0) is 36.4 Å². The molecule has 7 heteroatoms. The molecule has 3 N–H and O–H groups in total. The molecule has 26 heavy (non-hydrogen) atoms. The summed E-state index contributed by atoms with van der Waals surface area (Å²) in [4.78, 5) is 22.9. The lowest BCUT2D eigenvalue weighted by Crippen LogP contribution is -2.28. The Hall–Kier alpha value is -3.61. The molecule has 3 rings (SSSR count). The molecule has 0 aliphatic rings. The van der Waals surface area contributed by atoms with E-state index in [0.29, 0.717) is 17.9 Å². The number of para-hydroxylation sites is 1. The lowest BCUT2D eigenvalue weighted by Gasteiger charge is -2.07. The minimum Gasteiger partial charge on any atom is -0.484 e. The van der Waals surface area contributed by atoms with Crippen molar-refractivity contribution in [2.45, 2.75) is 6.54 Å². The summed E-state index contributed by atoms with van der Waals surface area (Å²) in [6.07, 6.45) is 3.57. The summed E-state index contributed by atoms with van der Waals surface area (Å²) >= 11 is 0. The minimum absolute atomic E-state index is 0.122. The smallest absolute Gasteiger partial charge is 0.258 e. The molecule has 1 aromatic heterocycles. The van der Waals surface area contributed by atoms with Crippen LogP contribution in [-0.4, -0.2) is 28.2 Å². The summed E-state index contributed by atoms with van der Waals surface area (Å²) in [7, 11) is 0. The van der Waals surface area contributed by atoms with E-state index in [1.54, 1.807) is 35.1 Å². The second-order valence-electron chi connectivity index (χ2n) is 5.58. The molecule has 0 bridgehead atoms. The van der Waals surface area contributed by atoms with Crippen molar-refractivity contribution in [2.24, 2.45) is 5.73 Å². The third kappa shape index (κ3) is 4.47. The van der Waals surface area contributed by atoms with Gasteiger partial charge in [0.05, 0.1) is 11.9 Å². The van der Waals surface area contributed by atoms with E-state index >= 15 is 0 Å². The molecule has 0 saturated carbocycles. The molecular formula is C19H18N4O3. The molecular weight excluding hydrogens is 332 g/mol. The summed E-state index contributed by atoms with van der Waals surface area (Å²) in [5.41, 5.74) is 7.39. The molecule has 0 aliphatic heterocycles. The van der Waals surface area contributed by atoms with Gasteiger partial charge in [0.1, 0.15) is 5.75 Å². The summed E-state index contributed by atoms with van der Waals surface area (Å²) in [5, 5.41) is 7.05. The zero-order valence-corrected chi connectivity index (χ0v) is 14.0. The number of rotatable bonds is 7. The largest absolute Gasteiger partial charge is 0.484 e. The number of amides is 2. The van der Waals surface area contributed by atoms with Crippen molar-refractivity contribution in [3.8, 4) is 11.4 Å². The Bertz CT molecular complexity index is 889. The van der Waals surface area contributed by atoms with Crippen molar-refractivity contribution in [3.05, 3.63) is 78.1 Å². The first-order valence-corrected chi connectivity index (χ1v) is 8.00. The van der Waals surface area contributed by atoms with Gasteiger partial charge in [0.25, 0.3) is 5.91 Å². The fourth-order valence-corrected chi connectivity index (χ4v) is 2.29. The number of primary amides is 1. The molecule has 132 valence electrons. The highest BCUT2D eigenvalue weighted by Gasteiger charge is 2.06. The molecule has 0 unspecified atom stereocenters. The molecule has 0 aliphatic carbocycles. The Kier molecular flexibility index (Phi) is 5.28. The van der Waals surface area contributed by atoms with Crippen LogP contribution in [0.2, 0.25) is 0 Å². The molecule has 0 spiro atoms. The normalized spacial score (nSPS) is 10.3. The van der Waals surface area contributed by atoms with Gasteiger partial charge in [-0.25, -0.2) is 4.68 Å². The molecule has 0 atom stereocenters. The highest BCUT2D eigenvalue weighted by Crippen LogP contribution is 2.11. The monoisotopic (exact) mass is 350 g/mol. The average molecular weight is 350 g/mol. The van der Waals surface area contributed by atoms with Crippen molar-refractivity contribution >= 4 is 11.8 Å². The lowest BCUT2D eigenvalue weighted by atomic mass is 10.2. The highest BCUT2D eigenvalue weighted by molar-refractivity contribution is 5.92. The van der Waals surface area contributed by atoms with E-state index < -0.39 is 5.91 Å². The van der Waals surface area contributed by atoms with E-state index in [-0.39, 0.29) is 12.5 Å². The maximum atomic E-state index is 11.9. The summed E-state index contributed by atoms with van der Waals surface area (Å²) in [6.45, 7) is 0.235. The Morgan fingerprint density at radius 3 is 2.50 bits per heavy atom. The first-order valence-electron chi connectivity index (χ1n) is 8.00. The van der Waals surface area contributed by atoms with Crippen molar-refractivity contribution in [1.82, 2.24) is 15.1 Å². The molecule has 0 fully saturated rings. The Morgan fingerprint density at radius 1 is 1.08 bits per heavy atom. The number of aromatic nitrogens is 2. The van der Waals surface area contributed by atoms with Crippen LogP contribution in [0.3, 0.4) is 0 Å². The van der Waals surface area contributed by atoms with Crippen LogP contribution in [0.4, 0.5) is 0 Å². The summed E-state index contributed by atoms with van der Waals surface area (Å²) < 4.78 is 7.13. The molecule has 2 aromatic carbocycles. The molecule has 0 saturated heterocycles. The maximum absolute atomic E-state index is 11.9. The fraction of sp³-hybridized carbons (Fsp3) is 0.105. The first kappa shape index (κ1) is 17.2. The lowest BCUT2D eigenvalue weighted by molar-refractivity contribution is -0.123. The van der Waals surface area contributed by atoms with Crippen LogP contribution in [0.5, 0.6) is 5.75 Å². The van der Waals surface area contributed by atoms with Crippen LogP contribution in [-0.2, 0) is 11.3 Å². The van der Waals surface area contributed by atoms with Crippen molar-refractivity contribution in [2.75, 3.05) is 6.61 Å². The SMILES string of the molecule is NC(=O)c1ccc(OCC(=O)NCc2cnn(-c3ccccc3)c2)cc1. The number of ether oxygens (including phenoxy) is 1. The van der Waals surface area contributed by atoms with Crippen LogP contribution in [0.25, 0.3) is 5.69 Å². The van der Waals surface area contributed by atoms with E-state index in [4.69, 9.17) is 10.5 Å². The number of carbonyl (C=O) groups is 2. The second kappa shape index (κ2) is 7.98. The van der Waals surface area contributed by atoms with Gasteiger partial charge in [-0.15, -0.1) is 0 Å². The molecule has 1 heterocycles.